The summed E-state index contributed by atoms with van der Waals surface area (Å²) in [6.45, 7) is 1.76. The quantitative estimate of drug-likeness (QED) is 0.667. The van der Waals surface area contributed by atoms with Gasteiger partial charge in [-0.1, -0.05) is 31.0 Å². The van der Waals surface area contributed by atoms with Gasteiger partial charge < -0.3 is 4.90 Å². The molecule has 1 amide bonds. The molecule has 1 aromatic heterocycles. The molecule has 3 rings (SSSR count). The van der Waals surface area contributed by atoms with E-state index in [2.05, 4.69) is 0 Å². The zero-order chi connectivity index (χ0) is 20.0. The van der Waals surface area contributed by atoms with Crippen LogP contribution in [0, 0.1) is 0 Å². The standard InChI is InChI=1S/C21H26N2O3S2/c1-22(17-19-7-6-16-27-19)21(24)13-10-18-8-11-20(12-9-18)28(25,26)23-14-4-2-3-5-15-23/h6-13,16H,2-5,14-15,17H2,1H3/b13-10+. The second-order valence-corrected chi connectivity index (χ2v) is 9.96. The molecule has 1 aliphatic rings. The molecule has 5 nitrogen and oxygen atoms in total. The molecule has 0 aliphatic carbocycles. The Morgan fingerprint density at radius 3 is 2.39 bits per heavy atom. The van der Waals surface area contributed by atoms with Crippen LogP contribution in [0.4, 0.5) is 0 Å². The Morgan fingerprint density at radius 1 is 1.11 bits per heavy atom. The number of thiophene rings is 1. The first-order valence-electron chi connectivity index (χ1n) is 9.52. The van der Waals surface area contributed by atoms with Crippen molar-refractivity contribution in [1.82, 2.24) is 9.21 Å². The van der Waals surface area contributed by atoms with Crippen LogP contribution in [0.15, 0.2) is 52.7 Å². The second kappa shape index (κ2) is 9.49. The molecular formula is C21H26N2O3S2. The first-order chi connectivity index (χ1) is 13.5. The van der Waals surface area contributed by atoms with Gasteiger partial charge >= 0.3 is 0 Å². The SMILES string of the molecule is CN(Cc1cccs1)C(=O)/C=C/c1ccc(S(=O)(=O)N2CCCCCC2)cc1. The fourth-order valence-electron chi connectivity index (χ4n) is 3.19. The van der Waals surface area contributed by atoms with Crippen LogP contribution in [0.5, 0.6) is 0 Å². The van der Waals surface area contributed by atoms with Crippen molar-refractivity contribution in [2.45, 2.75) is 37.1 Å². The summed E-state index contributed by atoms with van der Waals surface area (Å²) in [6.07, 6.45) is 7.25. The molecule has 0 saturated carbocycles. The van der Waals surface area contributed by atoms with E-state index in [0.29, 0.717) is 24.5 Å². The van der Waals surface area contributed by atoms with Crippen molar-refractivity contribution in [2.75, 3.05) is 20.1 Å². The van der Waals surface area contributed by atoms with Crippen LogP contribution in [0.25, 0.3) is 6.08 Å². The Morgan fingerprint density at radius 2 is 1.79 bits per heavy atom. The van der Waals surface area contributed by atoms with Gasteiger partial charge in [0, 0.05) is 31.1 Å². The number of benzene rings is 1. The molecule has 0 N–H and O–H groups in total. The van der Waals surface area contributed by atoms with Crippen LogP contribution in [-0.4, -0.2) is 43.7 Å². The van der Waals surface area contributed by atoms with Crippen LogP contribution < -0.4 is 0 Å². The second-order valence-electron chi connectivity index (χ2n) is 6.99. The molecular weight excluding hydrogens is 392 g/mol. The Labute approximate surface area is 171 Å². The summed E-state index contributed by atoms with van der Waals surface area (Å²) < 4.78 is 27.2. The summed E-state index contributed by atoms with van der Waals surface area (Å²) in [7, 11) is -1.67. The Balaban J connectivity index is 1.63. The summed E-state index contributed by atoms with van der Waals surface area (Å²) in [5.74, 6) is -0.0883. The predicted octanol–water partition coefficient (Wildman–Crippen LogP) is 3.98. The van der Waals surface area contributed by atoms with Crippen molar-refractivity contribution < 1.29 is 13.2 Å². The number of likely N-dealkylation sites (N-methyl/N-ethyl adjacent to an activating group) is 1. The molecule has 1 aromatic carbocycles. The van der Waals surface area contributed by atoms with E-state index in [1.54, 1.807) is 57.9 Å². The van der Waals surface area contributed by atoms with Crippen molar-refractivity contribution in [1.29, 1.82) is 0 Å². The number of hydrogen-bond acceptors (Lipinski definition) is 4. The van der Waals surface area contributed by atoms with Gasteiger partial charge in [-0.15, -0.1) is 11.3 Å². The normalized spacial score (nSPS) is 16.2. The number of rotatable bonds is 6. The predicted molar refractivity (Wildman–Crippen MR) is 113 cm³/mol. The fraction of sp³-hybridized carbons (Fsp3) is 0.381. The van der Waals surface area contributed by atoms with E-state index in [9.17, 15) is 13.2 Å². The number of nitrogens with zero attached hydrogens (tertiary/aromatic N) is 2. The molecule has 28 heavy (non-hydrogen) atoms. The molecule has 2 heterocycles. The van der Waals surface area contributed by atoms with Crippen LogP contribution in [0.1, 0.15) is 36.1 Å². The maximum absolute atomic E-state index is 12.8. The van der Waals surface area contributed by atoms with Crippen molar-refractivity contribution in [3.05, 3.63) is 58.3 Å². The molecule has 0 atom stereocenters. The molecule has 150 valence electrons. The van der Waals surface area contributed by atoms with Gasteiger partial charge in [-0.25, -0.2) is 8.42 Å². The number of hydrogen-bond donors (Lipinski definition) is 0. The van der Waals surface area contributed by atoms with E-state index in [1.807, 2.05) is 17.5 Å². The minimum absolute atomic E-state index is 0.0883. The molecule has 0 spiro atoms. The minimum atomic E-state index is -3.44. The zero-order valence-electron chi connectivity index (χ0n) is 16.1. The van der Waals surface area contributed by atoms with E-state index in [-0.39, 0.29) is 5.91 Å². The maximum Gasteiger partial charge on any atom is 0.246 e. The average Bonchev–Trinajstić information content (AvgIpc) is 3.04. The van der Waals surface area contributed by atoms with Crippen molar-refractivity contribution in [3.8, 4) is 0 Å². The molecule has 0 unspecified atom stereocenters. The topological polar surface area (TPSA) is 57.7 Å². The summed E-state index contributed by atoms with van der Waals surface area (Å²) in [5, 5.41) is 1.99. The van der Waals surface area contributed by atoms with Gasteiger partial charge in [0.2, 0.25) is 15.9 Å². The first kappa shape index (κ1) is 20.8. The van der Waals surface area contributed by atoms with Crippen molar-refractivity contribution in [3.63, 3.8) is 0 Å². The highest BCUT2D eigenvalue weighted by molar-refractivity contribution is 7.89. The fourth-order valence-corrected chi connectivity index (χ4v) is 5.47. The molecule has 1 aliphatic heterocycles. The number of amides is 1. The summed E-state index contributed by atoms with van der Waals surface area (Å²) in [4.78, 5) is 15.3. The van der Waals surface area contributed by atoms with E-state index in [0.717, 1.165) is 36.1 Å². The van der Waals surface area contributed by atoms with Gasteiger partial charge in [0.1, 0.15) is 0 Å². The lowest BCUT2D eigenvalue weighted by atomic mass is 10.2. The highest BCUT2D eigenvalue weighted by Crippen LogP contribution is 2.21. The largest absolute Gasteiger partial charge is 0.337 e. The van der Waals surface area contributed by atoms with Gasteiger partial charge in [0.15, 0.2) is 0 Å². The van der Waals surface area contributed by atoms with Crippen molar-refractivity contribution >= 4 is 33.3 Å². The van der Waals surface area contributed by atoms with E-state index in [4.69, 9.17) is 0 Å². The number of carbonyl (C=O) groups excluding carboxylic acids is 1. The smallest absolute Gasteiger partial charge is 0.246 e. The van der Waals surface area contributed by atoms with E-state index < -0.39 is 10.0 Å². The van der Waals surface area contributed by atoms with E-state index >= 15 is 0 Å². The average molecular weight is 419 g/mol. The third-order valence-electron chi connectivity index (χ3n) is 4.85. The molecule has 1 fully saturated rings. The van der Waals surface area contributed by atoms with Crippen LogP contribution in [0.3, 0.4) is 0 Å². The summed E-state index contributed by atoms with van der Waals surface area (Å²) >= 11 is 1.62. The highest BCUT2D eigenvalue weighted by Gasteiger charge is 2.24. The molecule has 0 bridgehead atoms. The summed E-state index contributed by atoms with van der Waals surface area (Å²) in [6, 6.07) is 10.7. The third kappa shape index (κ3) is 5.31. The van der Waals surface area contributed by atoms with E-state index in [1.165, 1.54) is 6.08 Å². The monoisotopic (exact) mass is 418 g/mol. The lowest BCUT2D eigenvalue weighted by molar-refractivity contribution is -0.125. The molecule has 0 radical (unpaired) electrons. The molecule has 2 aromatic rings. The molecule has 7 heteroatoms. The lowest BCUT2D eigenvalue weighted by Gasteiger charge is -2.19. The van der Waals surface area contributed by atoms with Gasteiger partial charge in [-0.2, -0.15) is 4.31 Å². The Bertz CT molecular complexity index is 896. The Kier molecular flexibility index (Phi) is 7.04. The van der Waals surface area contributed by atoms with Gasteiger partial charge in [0.05, 0.1) is 11.4 Å². The number of sulfonamides is 1. The van der Waals surface area contributed by atoms with Crippen LogP contribution >= 0.6 is 11.3 Å². The van der Waals surface area contributed by atoms with Crippen LogP contribution in [-0.2, 0) is 21.4 Å². The highest BCUT2D eigenvalue weighted by atomic mass is 32.2. The maximum atomic E-state index is 12.8. The lowest BCUT2D eigenvalue weighted by Crippen LogP contribution is -2.31. The van der Waals surface area contributed by atoms with Gasteiger partial charge in [-0.3, -0.25) is 4.79 Å². The zero-order valence-corrected chi connectivity index (χ0v) is 17.7. The van der Waals surface area contributed by atoms with Crippen molar-refractivity contribution in [2.24, 2.45) is 0 Å². The van der Waals surface area contributed by atoms with Gasteiger partial charge in [-0.05, 0) is 48.1 Å². The van der Waals surface area contributed by atoms with Gasteiger partial charge in [0.25, 0.3) is 0 Å². The summed E-state index contributed by atoms with van der Waals surface area (Å²) in [5.41, 5.74) is 0.799. The third-order valence-corrected chi connectivity index (χ3v) is 7.62. The van der Waals surface area contributed by atoms with Crippen LogP contribution in [0.2, 0.25) is 0 Å². The molecule has 1 saturated heterocycles. The minimum Gasteiger partial charge on any atom is -0.337 e. The number of carbonyl (C=O) groups is 1. The Hall–Kier alpha value is -1.96. The first-order valence-corrected chi connectivity index (χ1v) is 11.8.